The Labute approximate surface area is 160 Å². The fourth-order valence-corrected chi connectivity index (χ4v) is 3.53. The lowest BCUT2D eigenvalue weighted by atomic mass is 10.1. The van der Waals surface area contributed by atoms with Crippen LogP contribution in [0.15, 0.2) is 54.6 Å². The zero-order valence-corrected chi connectivity index (χ0v) is 16.0. The molecule has 1 atom stereocenters. The van der Waals surface area contributed by atoms with Gasteiger partial charge in [-0.1, -0.05) is 54.1 Å². The van der Waals surface area contributed by atoms with Gasteiger partial charge in [0.15, 0.2) is 0 Å². The van der Waals surface area contributed by atoms with Crippen molar-refractivity contribution in [2.45, 2.75) is 19.5 Å². The number of piperazine rings is 1. The van der Waals surface area contributed by atoms with Crippen molar-refractivity contribution in [3.8, 4) is 0 Å². The molecule has 0 saturated carbocycles. The highest BCUT2D eigenvalue weighted by Gasteiger charge is 2.20. The predicted octanol–water partition coefficient (Wildman–Crippen LogP) is 3.34. The van der Waals surface area contributed by atoms with Gasteiger partial charge in [0.25, 0.3) is 0 Å². The van der Waals surface area contributed by atoms with Crippen LogP contribution in [-0.4, -0.2) is 48.4 Å². The van der Waals surface area contributed by atoms with E-state index in [9.17, 15) is 4.79 Å². The average Bonchev–Trinajstić information content (AvgIpc) is 2.64. The molecular weight excluding hydrogens is 346 g/mol. The average molecular weight is 372 g/mol. The minimum absolute atomic E-state index is 0.0350. The summed E-state index contributed by atoms with van der Waals surface area (Å²) in [7, 11) is 0. The molecule has 0 aromatic heterocycles. The summed E-state index contributed by atoms with van der Waals surface area (Å²) in [5.41, 5.74) is 2.37. The highest BCUT2D eigenvalue weighted by atomic mass is 35.5. The van der Waals surface area contributed by atoms with Gasteiger partial charge in [-0.25, -0.2) is 0 Å². The zero-order chi connectivity index (χ0) is 18.4. The van der Waals surface area contributed by atoms with Crippen LogP contribution < -0.4 is 5.32 Å². The molecule has 1 amide bonds. The normalized spacial score (nSPS) is 17.0. The maximum Gasteiger partial charge on any atom is 0.234 e. The van der Waals surface area contributed by atoms with Crippen LogP contribution in [0.2, 0.25) is 5.02 Å². The quantitative estimate of drug-likeness (QED) is 0.846. The number of amides is 1. The second kappa shape index (κ2) is 9.17. The Hall–Kier alpha value is -1.88. The molecule has 4 nitrogen and oxygen atoms in total. The first-order chi connectivity index (χ1) is 12.6. The molecule has 1 N–H and O–H groups in total. The highest BCUT2D eigenvalue weighted by molar-refractivity contribution is 6.30. The number of hydrogen-bond acceptors (Lipinski definition) is 3. The fourth-order valence-electron chi connectivity index (χ4n) is 3.31. The third kappa shape index (κ3) is 5.56. The van der Waals surface area contributed by atoms with E-state index in [1.807, 2.05) is 55.5 Å². The first-order valence-corrected chi connectivity index (χ1v) is 9.51. The van der Waals surface area contributed by atoms with Crippen LogP contribution in [-0.2, 0) is 11.3 Å². The number of carbonyl (C=O) groups is 1. The van der Waals surface area contributed by atoms with Crippen molar-refractivity contribution in [1.29, 1.82) is 0 Å². The van der Waals surface area contributed by atoms with Gasteiger partial charge in [0.1, 0.15) is 0 Å². The molecule has 138 valence electrons. The van der Waals surface area contributed by atoms with E-state index in [0.29, 0.717) is 6.54 Å². The van der Waals surface area contributed by atoms with Crippen molar-refractivity contribution in [3.63, 3.8) is 0 Å². The van der Waals surface area contributed by atoms with Crippen molar-refractivity contribution >= 4 is 17.5 Å². The summed E-state index contributed by atoms with van der Waals surface area (Å²) in [4.78, 5) is 17.0. The van der Waals surface area contributed by atoms with Gasteiger partial charge in [-0.05, 0) is 30.2 Å². The second-order valence-corrected chi connectivity index (χ2v) is 7.32. The number of benzene rings is 2. The minimum atomic E-state index is 0.0350. The van der Waals surface area contributed by atoms with E-state index in [2.05, 4.69) is 21.2 Å². The number of halogens is 1. The van der Waals surface area contributed by atoms with Gasteiger partial charge in [-0.2, -0.15) is 0 Å². The smallest absolute Gasteiger partial charge is 0.234 e. The van der Waals surface area contributed by atoms with Gasteiger partial charge >= 0.3 is 0 Å². The van der Waals surface area contributed by atoms with Crippen LogP contribution in [0, 0.1) is 0 Å². The molecule has 2 aromatic rings. The lowest BCUT2D eigenvalue weighted by Gasteiger charge is -2.34. The van der Waals surface area contributed by atoms with Crippen LogP contribution in [0.3, 0.4) is 0 Å². The molecule has 26 heavy (non-hydrogen) atoms. The molecule has 1 heterocycles. The molecule has 0 spiro atoms. The third-order valence-corrected chi connectivity index (χ3v) is 5.04. The number of carbonyl (C=O) groups excluding carboxylic acids is 1. The molecule has 1 saturated heterocycles. The topological polar surface area (TPSA) is 35.6 Å². The Morgan fingerprint density at radius 3 is 2.42 bits per heavy atom. The van der Waals surface area contributed by atoms with Crippen LogP contribution in [0.1, 0.15) is 24.1 Å². The van der Waals surface area contributed by atoms with Crippen molar-refractivity contribution in [1.82, 2.24) is 15.1 Å². The van der Waals surface area contributed by atoms with Gasteiger partial charge in [-0.15, -0.1) is 0 Å². The van der Waals surface area contributed by atoms with Gasteiger partial charge in [0, 0.05) is 37.7 Å². The Kier molecular flexibility index (Phi) is 6.67. The molecule has 1 aliphatic rings. The van der Waals surface area contributed by atoms with E-state index in [-0.39, 0.29) is 11.9 Å². The molecular formula is C21H26ClN3O. The summed E-state index contributed by atoms with van der Waals surface area (Å²) in [5.74, 6) is 0.0876. The van der Waals surface area contributed by atoms with Gasteiger partial charge < -0.3 is 5.32 Å². The van der Waals surface area contributed by atoms with Crippen LogP contribution in [0.4, 0.5) is 0 Å². The summed E-state index contributed by atoms with van der Waals surface area (Å²) in [5, 5.41) is 3.87. The molecule has 1 fully saturated rings. The largest absolute Gasteiger partial charge is 0.348 e. The zero-order valence-electron chi connectivity index (χ0n) is 15.2. The number of nitrogens with one attached hydrogen (secondary N) is 1. The third-order valence-electron chi connectivity index (χ3n) is 4.80. The maximum atomic E-state index is 12.3. The first-order valence-electron chi connectivity index (χ1n) is 9.13. The van der Waals surface area contributed by atoms with Crippen molar-refractivity contribution in [2.75, 3.05) is 32.7 Å². The number of hydrogen-bond donors (Lipinski definition) is 1. The molecule has 2 aromatic carbocycles. The molecule has 3 rings (SSSR count). The standard InChI is InChI=1S/C21H26ClN3O/c1-17(19-7-3-2-4-8-19)23-21(26)16-25-12-10-24(11-13-25)15-18-6-5-9-20(22)14-18/h2-9,14,17H,10-13,15-16H2,1H3,(H,23,26). The maximum absolute atomic E-state index is 12.3. The molecule has 1 unspecified atom stereocenters. The van der Waals surface area contributed by atoms with Crippen molar-refractivity contribution in [3.05, 3.63) is 70.7 Å². The summed E-state index contributed by atoms with van der Waals surface area (Å²) in [6.45, 7) is 7.15. The lowest BCUT2D eigenvalue weighted by Crippen LogP contribution is -2.49. The van der Waals surface area contributed by atoms with E-state index in [1.54, 1.807) is 0 Å². The van der Waals surface area contributed by atoms with E-state index in [0.717, 1.165) is 43.3 Å². The molecule has 1 aliphatic heterocycles. The molecule has 5 heteroatoms. The van der Waals surface area contributed by atoms with E-state index >= 15 is 0 Å². The highest BCUT2D eigenvalue weighted by Crippen LogP contribution is 2.14. The van der Waals surface area contributed by atoms with Crippen molar-refractivity contribution in [2.24, 2.45) is 0 Å². The second-order valence-electron chi connectivity index (χ2n) is 6.88. The Morgan fingerprint density at radius 1 is 1.04 bits per heavy atom. The monoisotopic (exact) mass is 371 g/mol. The fraction of sp³-hybridized carbons (Fsp3) is 0.381. The van der Waals surface area contributed by atoms with Gasteiger partial charge in [-0.3, -0.25) is 14.6 Å². The van der Waals surface area contributed by atoms with Crippen molar-refractivity contribution < 1.29 is 4.79 Å². The Morgan fingerprint density at radius 2 is 1.73 bits per heavy atom. The van der Waals surface area contributed by atoms with Gasteiger partial charge in [0.05, 0.1) is 12.6 Å². The molecule has 0 bridgehead atoms. The van der Waals surface area contributed by atoms with E-state index in [4.69, 9.17) is 11.6 Å². The Bertz CT molecular complexity index is 714. The van der Waals surface area contributed by atoms with Crippen LogP contribution >= 0.6 is 11.6 Å². The summed E-state index contributed by atoms with van der Waals surface area (Å²) in [6.07, 6.45) is 0. The Balaban J connectivity index is 1.41. The lowest BCUT2D eigenvalue weighted by molar-refractivity contribution is -0.123. The summed E-state index contributed by atoms with van der Waals surface area (Å²) in [6, 6.07) is 18.1. The van der Waals surface area contributed by atoms with E-state index in [1.165, 1.54) is 5.56 Å². The van der Waals surface area contributed by atoms with Gasteiger partial charge in [0.2, 0.25) is 5.91 Å². The molecule has 0 radical (unpaired) electrons. The molecule has 0 aliphatic carbocycles. The number of nitrogens with zero attached hydrogens (tertiary/aromatic N) is 2. The minimum Gasteiger partial charge on any atom is -0.348 e. The summed E-state index contributed by atoms with van der Waals surface area (Å²) < 4.78 is 0. The van der Waals surface area contributed by atoms with Crippen LogP contribution in [0.5, 0.6) is 0 Å². The predicted molar refractivity (Wildman–Crippen MR) is 106 cm³/mol. The number of rotatable bonds is 6. The summed E-state index contributed by atoms with van der Waals surface area (Å²) >= 11 is 6.06. The van der Waals surface area contributed by atoms with E-state index < -0.39 is 0 Å². The van der Waals surface area contributed by atoms with Crippen LogP contribution in [0.25, 0.3) is 0 Å². The SMILES string of the molecule is CC(NC(=O)CN1CCN(Cc2cccc(Cl)c2)CC1)c1ccccc1. The first kappa shape index (κ1) is 18.9.